The van der Waals surface area contributed by atoms with Gasteiger partial charge in [-0.2, -0.15) is 0 Å². The van der Waals surface area contributed by atoms with Crippen LogP contribution in [0.1, 0.15) is 67.3 Å². The average Bonchev–Trinajstić information content (AvgIpc) is 2.51. The second kappa shape index (κ2) is 9.10. The molecule has 1 atom stereocenters. The fourth-order valence-corrected chi connectivity index (χ4v) is 1.77. The number of unbranched alkanes of at least 4 members (excludes halogenated alkanes) is 2. The lowest BCUT2D eigenvalue weighted by atomic mass is 10.2. The zero-order valence-corrected chi connectivity index (χ0v) is 13.1. The third kappa shape index (κ3) is 5.94. The number of amides is 2. The van der Waals surface area contributed by atoms with Gasteiger partial charge in [-0.1, -0.05) is 26.7 Å². The fourth-order valence-electron chi connectivity index (χ4n) is 1.77. The van der Waals surface area contributed by atoms with Crippen molar-refractivity contribution in [3.63, 3.8) is 0 Å². The van der Waals surface area contributed by atoms with Gasteiger partial charge in [0.25, 0.3) is 11.8 Å². The summed E-state index contributed by atoms with van der Waals surface area (Å²) in [7, 11) is 0. The summed E-state index contributed by atoms with van der Waals surface area (Å²) in [5.74, 6) is -0.406. The Morgan fingerprint density at radius 2 is 2.00 bits per heavy atom. The summed E-state index contributed by atoms with van der Waals surface area (Å²) < 4.78 is 0. The van der Waals surface area contributed by atoms with Crippen molar-refractivity contribution in [1.29, 1.82) is 0 Å². The van der Waals surface area contributed by atoms with Crippen molar-refractivity contribution < 1.29 is 9.59 Å². The molecular formula is C16H25N3O2. The molecule has 1 heterocycles. The summed E-state index contributed by atoms with van der Waals surface area (Å²) in [6.45, 7) is 6.70. The van der Waals surface area contributed by atoms with E-state index >= 15 is 0 Å². The zero-order chi connectivity index (χ0) is 15.7. The van der Waals surface area contributed by atoms with Crippen molar-refractivity contribution in [2.75, 3.05) is 6.54 Å². The van der Waals surface area contributed by atoms with Gasteiger partial charge < -0.3 is 10.6 Å². The molecule has 0 saturated carbocycles. The largest absolute Gasteiger partial charge is 0.351 e. The zero-order valence-electron chi connectivity index (χ0n) is 13.1. The summed E-state index contributed by atoms with van der Waals surface area (Å²) in [6, 6.07) is 3.26. The SMILES string of the molecule is CCCCCNC(=O)c1cc(C(=O)NC(C)CC)ccn1. The van der Waals surface area contributed by atoms with Crippen LogP contribution in [-0.4, -0.2) is 29.4 Å². The molecule has 116 valence electrons. The van der Waals surface area contributed by atoms with Crippen molar-refractivity contribution >= 4 is 11.8 Å². The van der Waals surface area contributed by atoms with E-state index < -0.39 is 0 Å². The van der Waals surface area contributed by atoms with Gasteiger partial charge in [-0.05, 0) is 31.9 Å². The Morgan fingerprint density at radius 1 is 1.24 bits per heavy atom. The normalized spacial score (nSPS) is 11.8. The predicted molar refractivity (Wildman–Crippen MR) is 83.3 cm³/mol. The molecule has 1 rings (SSSR count). The van der Waals surface area contributed by atoms with E-state index in [2.05, 4.69) is 22.5 Å². The van der Waals surface area contributed by atoms with Crippen LogP contribution in [0.3, 0.4) is 0 Å². The second-order valence-electron chi connectivity index (χ2n) is 5.18. The number of pyridine rings is 1. The first kappa shape index (κ1) is 17.1. The average molecular weight is 291 g/mol. The second-order valence-corrected chi connectivity index (χ2v) is 5.18. The molecule has 1 unspecified atom stereocenters. The minimum atomic E-state index is -0.232. The van der Waals surface area contributed by atoms with Gasteiger partial charge in [0, 0.05) is 24.3 Å². The maximum Gasteiger partial charge on any atom is 0.269 e. The number of carbonyl (C=O) groups excluding carboxylic acids is 2. The summed E-state index contributed by atoms with van der Waals surface area (Å²) in [5.41, 5.74) is 0.743. The first-order valence-electron chi connectivity index (χ1n) is 7.63. The molecule has 0 aliphatic rings. The highest BCUT2D eigenvalue weighted by molar-refractivity contribution is 5.98. The highest BCUT2D eigenvalue weighted by Gasteiger charge is 2.12. The molecule has 0 bridgehead atoms. The molecular weight excluding hydrogens is 266 g/mol. The maximum absolute atomic E-state index is 12.0. The van der Waals surface area contributed by atoms with Gasteiger partial charge in [0.15, 0.2) is 0 Å². The van der Waals surface area contributed by atoms with Crippen LogP contribution in [0.2, 0.25) is 0 Å². The van der Waals surface area contributed by atoms with Gasteiger partial charge in [-0.25, -0.2) is 0 Å². The van der Waals surface area contributed by atoms with Gasteiger partial charge in [-0.15, -0.1) is 0 Å². The molecule has 0 aliphatic carbocycles. The van der Waals surface area contributed by atoms with E-state index in [0.717, 1.165) is 25.7 Å². The van der Waals surface area contributed by atoms with Crippen LogP contribution >= 0.6 is 0 Å². The summed E-state index contributed by atoms with van der Waals surface area (Å²) >= 11 is 0. The van der Waals surface area contributed by atoms with Crippen LogP contribution in [0.5, 0.6) is 0 Å². The van der Waals surface area contributed by atoms with Crippen LogP contribution < -0.4 is 10.6 Å². The van der Waals surface area contributed by atoms with Crippen LogP contribution in [0.4, 0.5) is 0 Å². The van der Waals surface area contributed by atoms with Gasteiger partial charge in [-0.3, -0.25) is 14.6 Å². The number of aromatic nitrogens is 1. The first-order valence-corrected chi connectivity index (χ1v) is 7.63. The number of hydrogen-bond donors (Lipinski definition) is 2. The third-order valence-corrected chi connectivity index (χ3v) is 3.31. The van der Waals surface area contributed by atoms with E-state index in [1.165, 1.54) is 12.3 Å². The summed E-state index contributed by atoms with van der Waals surface area (Å²) in [6.07, 6.45) is 5.51. The third-order valence-electron chi connectivity index (χ3n) is 3.31. The Morgan fingerprint density at radius 3 is 2.67 bits per heavy atom. The van der Waals surface area contributed by atoms with Gasteiger partial charge in [0.2, 0.25) is 0 Å². The number of nitrogens with one attached hydrogen (secondary N) is 2. The van der Waals surface area contributed by atoms with Gasteiger partial charge in [0.05, 0.1) is 0 Å². The Labute approximate surface area is 126 Å². The molecule has 21 heavy (non-hydrogen) atoms. The lowest BCUT2D eigenvalue weighted by molar-refractivity contribution is 0.0939. The van der Waals surface area contributed by atoms with E-state index in [-0.39, 0.29) is 23.6 Å². The fraction of sp³-hybridized carbons (Fsp3) is 0.562. The molecule has 5 nitrogen and oxygen atoms in total. The van der Waals surface area contributed by atoms with Crippen molar-refractivity contribution in [3.8, 4) is 0 Å². The van der Waals surface area contributed by atoms with Crippen molar-refractivity contribution in [2.24, 2.45) is 0 Å². The molecule has 0 spiro atoms. The number of nitrogens with zero attached hydrogens (tertiary/aromatic N) is 1. The van der Waals surface area contributed by atoms with Gasteiger partial charge >= 0.3 is 0 Å². The van der Waals surface area contributed by atoms with Crippen LogP contribution in [0.25, 0.3) is 0 Å². The number of carbonyl (C=O) groups is 2. The number of hydrogen-bond acceptors (Lipinski definition) is 3. The Hall–Kier alpha value is -1.91. The van der Waals surface area contributed by atoms with E-state index in [4.69, 9.17) is 0 Å². The molecule has 5 heteroatoms. The monoisotopic (exact) mass is 291 g/mol. The summed E-state index contributed by atoms with van der Waals surface area (Å²) in [4.78, 5) is 28.0. The number of rotatable bonds is 8. The minimum absolute atomic E-state index is 0.108. The topological polar surface area (TPSA) is 71.1 Å². The summed E-state index contributed by atoms with van der Waals surface area (Å²) in [5, 5.41) is 5.69. The molecule has 0 aliphatic heterocycles. The van der Waals surface area contributed by atoms with E-state index in [9.17, 15) is 9.59 Å². The molecule has 0 fully saturated rings. The maximum atomic E-state index is 12.0. The van der Waals surface area contributed by atoms with E-state index in [1.807, 2.05) is 13.8 Å². The Balaban J connectivity index is 2.62. The van der Waals surface area contributed by atoms with Gasteiger partial charge in [0.1, 0.15) is 5.69 Å². The highest BCUT2D eigenvalue weighted by Crippen LogP contribution is 2.03. The highest BCUT2D eigenvalue weighted by atomic mass is 16.2. The lowest BCUT2D eigenvalue weighted by Gasteiger charge is -2.11. The van der Waals surface area contributed by atoms with Crippen molar-refractivity contribution in [2.45, 2.75) is 52.5 Å². The van der Waals surface area contributed by atoms with E-state index in [0.29, 0.717) is 12.1 Å². The molecule has 1 aromatic heterocycles. The molecule has 0 radical (unpaired) electrons. The molecule has 0 saturated heterocycles. The Bertz CT molecular complexity index is 474. The molecule has 2 amide bonds. The van der Waals surface area contributed by atoms with Crippen LogP contribution in [-0.2, 0) is 0 Å². The van der Waals surface area contributed by atoms with Crippen molar-refractivity contribution in [3.05, 3.63) is 29.6 Å². The first-order chi connectivity index (χ1) is 10.1. The van der Waals surface area contributed by atoms with Crippen molar-refractivity contribution in [1.82, 2.24) is 15.6 Å². The van der Waals surface area contributed by atoms with E-state index in [1.54, 1.807) is 6.07 Å². The molecule has 0 aromatic carbocycles. The molecule has 2 N–H and O–H groups in total. The Kier molecular flexibility index (Phi) is 7.43. The quantitative estimate of drug-likeness (QED) is 0.723. The standard InChI is InChI=1S/C16H25N3O2/c1-4-6-7-9-18-16(21)14-11-13(8-10-17-14)15(20)19-12(3)5-2/h8,10-12H,4-7,9H2,1-3H3,(H,18,21)(H,19,20). The minimum Gasteiger partial charge on any atom is -0.351 e. The van der Waals surface area contributed by atoms with Crippen LogP contribution in [0, 0.1) is 0 Å². The molecule has 1 aromatic rings. The smallest absolute Gasteiger partial charge is 0.269 e. The van der Waals surface area contributed by atoms with Crippen LogP contribution in [0.15, 0.2) is 18.3 Å². The lowest BCUT2D eigenvalue weighted by Crippen LogP contribution is -2.32. The predicted octanol–water partition coefficient (Wildman–Crippen LogP) is 2.53.